The van der Waals surface area contributed by atoms with Crippen molar-refractivity contribution in [2.75, 3.05) is 39.4 Å². The number of amides is 2. The molecule has 9 heteroatoms. The third kappa shape index (κ3) is 4.76. The standard InChI is InChI=1S/C24H30N4O4S/c25-24(15-32-16-24)23(30)28-12-10-27(11-13-28)22(29)18-6-4-17(5-7-18)19-2-1-3-20(14-19)26-33(31)21-8-9-21/h2,4-7,14,21,26H,1,3,8-13,15-16,25H2. The van der Waals surface area contributed by atoms with Crippen molar-refractivity contribution in [1.29, 1.82) is 0 Å². The first-order valence-electron chi connectivity index (χ1n) is 11.6. The summed E-state index contributed by atoms with van der Waals surface area (Å²) in [5, 5.41) is 0.300. The number of carbonyl (C=O) groups is 2. The zero-order valence-electron chi connectivity index (χ0n) is 18.6. The molecule has 2 amide bonds. The third-order valence-electron chi connectivity index (χ3n) is 6.63. The van der Waals surface area contributed by atoms with Crippen LogP contribution < -0.4 is 10.5 Å². The van der Waals surface area contributed by atoms with Crippen molar-refractivity contribution in [2.45, 2.75) is 36.5 Å². The number of nitrogens with one attached hydrogen (secondary N) is 1. The van der Waals surface area contributed by atoms with Crippen molar-refractivity contribution in [1.82, 2.24) is 14.5 Å². The Kier molecular flexibility index (Phi) is 6.11. The summed E-state index contributed by atoms with van der Waals surface area (Å²) in [7, 11) is -0.984. The summed E-state index contributed by atoms with van der Waals surface area (Å²) in [5.41, 5.74) is 8.93. The molecule has 2 aliphatic heterocycles. The second-order valence-electron chi connectivity index (χ2n) is 9.28. The lowest BCUT2D eigenvalue weighted by molar-refractivity contribution is -0.155. The van der Waals surface area contributed by atoms with Crippen LogP contribution in [-0.4, -0.2) is 76.0 Å². The molecule has 5 rings (SSSR count). The highest BCUT2D eigenvalue weighted by Crippen LogP contribution is 2.28. The molecule has 0 spiro atoms. The largest absolute Gasteiger partial charge is 0.376 e. The van der Waals surface area contributed by atoms with E-state index in [0.29, 0.717) is 37.0 Å². The fourth-order valence-corrected chi connectivity index (χ4v) is 5.49. The fraction of sp³-hybridized carbons (Fsp3) is 0.500. The molecule has 4 aliphatic rings. The van der Waals surface area contributed by atoms with E-state index in [1.54, 1.807) is 9.80 Å². The van der Waals surface area contributed by atoms with Gasteiger partial charge in [0, 0.05) is 37.4 Å². The highest BCUT2D eigenvalue weighted by molar-refractivity contribution is 7.84. The van der Waals surface area contributed by atoms with Gasteiger partial charge in [-0.25, -0.2) is 4.21 Å². The summed E-state index contributed by atoms with van der Waals surface area (Å²) in [4.78, 5) is 29.0. The SMILES string of the molecule is NC1(C(=O)N2CCN(C(=O)c3ccc(C4=CCCC(NS(=O)C5CC5)=C4)cc3)CC2)COC1. The Morgan fingerprint density at radius 1 is 1.06 bits per heavy atom. The number of rotatable bonds is 6. The molecule has 33 heavy (non-hydrogen) atoms. The van der Waals surface area contributed by atoms with Crippen LogP contribution in [0.15, 0.2) is 42.1 Å². The van der Waals surface area contributed by atoms with E-state index in [1.807, 2.05) is 24.3 Å². The number of nitrogens with two attached hydrogens (primary N) is 1. The molecule has 1 unspecified atom stereocenters. The van der Waals surface area contributed by atoms with Gasteiger partial charge in [-0.1, -0.05) is 18.2 Å². The number of ether oxygens (including phenoxy) is 1. The molecule has 1 saturated carbocycles. The summed E-state index contributed by atoms with van der Waals surface area (Å²) >= 11 is 0. The van der Waals surface area contributed by atoms with Crippen molar-refractivity contribution in [2.24, 2.45) is 5.73 Å². The van der Waals surface area contributed by atoms with E-state index in [2.05, 4.69) is 16.9 Å². The summed E-state index contributed by atoms with van der Waals surface area (Å²) in [6.07, 6.45) is 8.09. The molecule has 176 valence electrons. The van der Waals surface area contributed by atoms with Crippen LogP contribution >= 0.6 is 0 Å². The molecule has 0 radical (unpaired) electrons. The molecule has 0 bridgehead atoms. The minimum Gasteiger partial charge on any atom is -0.376 e. The Morgan fingerprint density at radius 2 is 1.73 bits per heavy atom. The molecule has 1 atom stereocenters. The van der Waals surface area contributed by atoms with Gasteiger partial charge in [-0.05, 0) is 55.0 Å². The molecule has 8 nitrogen and oxygen atoms in total. The van der Waals surface area contributed by atoms with E-state index in [0.717, 1.165) is 42.5 Å². The van der Waals surface area contributed by atoms with E-state index >= 15 is 0 Å². The van der Waals surface area contributed by atoms with Crippen molar-refractivity contribution < 1.29 is 18.5 Å². The first-order chi connectivity index (χ1) is 15.9. The van der Waals surface area contributed by atoms with Crippen LogP contribution in [-0.2, 0) is 20.5 Å². The van der Waals surface area contributed by atoms with Crippen LogP contribution in [0.1, 0.15) is 41.6 Å². The average Bonchev–Trinajstić information content (AvgIpc) is 3.68. The van der Waals surface area contributed by atoms with Gasteiger partial charge >= 0.3 is 0 Å². The van der Waals surface area contributed by atoms with Gasteiger partial charge in [-0.15, -0.1) is 0 Å². The maximum atomic E-state index is 13.0. The lowest BCUT2D eigenvalue weighted by atomic mass is 9.96. The average molecular weight is 471 g/mol. The van der Waals surface area contributed by atoms with Crippen LogP contribution in [0.3, 0.4) is 0 Å². The molecular weight excluding hydrogens is 440 g/mol. The highest BCUT2D eigenvalue weighted by atomic mass is 32.2. The molecule has 1 aromatic rings. The molecule has 1 aromatic carbocycles. The monoisotopic (exact) mass is 470 g/mol. The number of nitrogens with zero attached hydrogens (tertiary/aromatic N) is 2. The van der Waals surface area contributed by atoms with Crippen LogP contribution in [0, 0.1) is 0 Å². The fourth-order valence-electron chi connectivity index (χ4n) is 4.34. The van der Waals surface area contributed by atoms with Gasteiger partial charge in [-0.3, -0.25) is 9.59 Å². The van der Waals surface area contributed by atoms with Crippen LogP contribution in [0.5, 0.6) is 0 Å². The first kappa shape index (κ1) is 22.3. The number of benzene rings is 1. The lowest BCUT2D eigenvalue weighted by Gasteiger charge is -2.43. The summed E-state index contributed by atoms with van der Waals surface area (Å²) in [6.45, 7) is 2.47. The van der Waals surface area contributed by atoms with Gasteiger partial charge in [0.2, 0.25) is 5.91 Å². The predicted molar refractivity (Wildman–Crippen MR) is 126 cm³/mol. The quantitative estimate of drug-likeness (QED) is 0.650. The number of carbonyl (C=O) groups excluding carboxylic acids is 2. The Labute approximate surface area is 196 Å². The summed E-state index contributed by atoms with van der Waals surface area (Å²) < 4.78 is 20.4. The van der Waals surface area contributed by atoms with Crippen molar-refractivity contribution in [3.8, 4) is 0 Å². The Hall–Kier alpha value is -2.49. The molecule has 2 saturated heterocycles. The van der Waals surface area contributed by atoms with E-state index in [1.165, 1.54) is 0 Å². The third-order valence-corrected chi connectivity index (χ3v) is 8.17. The lowest BCUT2D eigenvalue weighted by Crippen LogP contribution is -2.68. The second kappa shape index (κ2) is 9.04. The molecule has 2 heterocycles. The Morgan fingerprint density at radius 3 is 2.33 bits per heavy atom. The minimum atomic E-state index is -0.984. The molecule has 3 fully saturated rings. The molecule has 3 N–H and O–H groups in total. The number of allylic oxidation sites excluding steroid dienone is 4. The zero-order chi connectivity index (χ0) is 23.0. The zero-order valence-corrected chi connectivity index (χ0v) is 19.4. The Bertz CT molecular complexity index is 1020. The van der Waals surface area contributed by atoms with Gasteiger partial charge in [0.15, 0.2) is 0 Å². The van der Waals surface area contributed by atoms with E-state index in [9.17, 15) is 13.8 Å². The number of hydrogen-bond donors (Lipinski definition) is 2. The van der Waals surface area contributed by atoms with E-state index in [4.69, 9.17) is 10.5 Å². The van der Waals surface area contributed by atoms with Crippen molar-refractivity contribution in [3.63, 3.8) is 0 Å². The topological polar surface area (TPSA) is 105 Å². The van der Waals surface area contributed by atoms with Gasteiger partial charge in [0.1, 0.15) is 16.5 Å². The molecular formula is C24H30N4O4S. The summed E-state index contributed by atoms with van der Waals surface area (Å²) in [6, 6.07) is 7.64. The van der Waals surface area contributed by atoms with Gasteiger partial charge in [-0.2, -0.15) is 0 Å². The van der Waals surface area contributed by atoms with E-state index < -0.39 is 16.5 Å². The van der Waals surface area contributed by atoms with Crippen LogP contribution in [0.25, 0.3) is 5.57 Å². The predicted octanol–water partition coefficient (Wildman–Crippen LogP) is 1.18. The van der Waals surface area contributed by atoms with Crippen molar-refractivity contribution in [3.05, 3.63) is 53.2 Å². The Balaban J connectivity index is 1.18. The normalized spacial score (nSPS) is 23.2. The minimum absolute atomic E-state index is 0.0292. The first-order valence-corrected chi connectivity index (χ1v) is 12.8. The highest BCUT2D eigenvalue weighted by Gasteiger charge is 2.45. The smallest absolute Gasteiger partial charge is 0.253 e. The van der Waals surface area contributed by atoms with Crippen LogP contribution in [0.4, 0.5) is 0 Å². The van der Waals surface area contributed by atoms with Crippen molar-refractivity contribution >= 4 is 28.4 Å². The van der Waals surface area contributed by atoms with Gasteiger partial charge in [0.25, 0.3) is 5.91 Å². The van der Waals surface area contributed by atoms with Gasteiger partial charge in [0.05, 0.1) is 18.5 Å². The second-order valence-corrected chi connectivity index (χ2v) is 10.7. The molecule has 2 aliphatic carbocycles. The maximum absolute atomic E-state index is 13.0. The number of piperazine rings is 1. The number of hydrogen-bond acceptors (Lipinski definition) is 5. The molecule has 0 aromatic heterocycles. The van der Waals surface area contributed by atoms with Crippen LogP contribution in [0.2, 0.25) is 0 Å². The summed E-state index contributed by atoms with van der Waals surface area (Å²) in [5.74, 6) is -0.118. The maximum Gasteiger partial charge on any atom is 0.253 e. The van der Waals surface area contributed by atoms with Gasteiger partial charge < -0.3 is 25.0 Å². The van der Waals surface area contributed by atoms with E-state index in [-0.39, 0.29) is 25.0 Å².